The van der Waals surface area contributed by atoms with Gasteiger partial charge in [0, 0.05) is 32.4 Å². The molecule has 1 amide bonds. The second kappa shape index (κ2) is 10.1. The Bertz CT molecular complexity index is 843. The number of phenolic OH excluding ortho intramolecular Hbond substituents is 1. The van der Waals surface area contributed by atoms with Crippen LogP contribution in [0, 0.1) is 11.3 Å². The third-order valence-electron chi connectivity index (χ3n) is 4.53. The van der Waals surface area contributed by atoms with Crippen LogP contribution in [0.4, 0.5) is 0 Å². The van der Waals surface area contributed by atoms with Crippen molar-refractivity contribution in [3.63, 3.8) is 0 Å². The summed E-state index contributed by atoms with van der Waals surface area (Å²) >= 11 is 0. The van der Waals surface area contributed by atoms with Crippen molar-refractivity contribution in [2.45, 2.75) is 18.9 Å². The van der Waals surface area contributed by atoms with Crippen molar-refractivity contribution in [1.82, 2.24) is 10.2 Å². The van der Waals surface area contributed by atoms with E-state index in [1.165, 1.54) is 13.3 Å². The van der Waals surface area contributed by atoms with Gasteiger partial charge in [-0.2, -0.15) is 5.26 Å². The molecule has 0 radical (unpaired) electrons. The van der Waals surface area contributed by atoms with Crippen molar-refractivity contribution in [2.75, 3.05) is 38.3 Å². The van der Waals surface area contributed by atoms with Gasteiger partial charge in [-0.15, -0.1) is 0 Å². The molecule has 1 aliphatic rings. The van der Waals surface area contributed by atoms with E-state index < -0.39 is 15.7 Å². The largest absolute Gasteiger partial charge is 0.508 e. The Hall–Kier alpha value is -2.57. The average molecular weight is 407 g/mol. The average Bonchev–Trinajstić information content (AvgIpc) is 3.03. The molecule has 1 fully saturated rings. The molecule has 0 bridgehead atoms. The van der Waals surface area contributed by atoms with E-state index in [2.05, 4.69) is 5.32 Å². The highest BCUT2D eigenvalue weighted by Gasteiger charge is 2.31. The van der Waals surface area contributed by atoms with Crippen LogP contribution in [0.1, 0.15) is 12.0 Å². The van der Waals surface area contributed by atoms with Gasteiger partial charge >= 0.3 is 0 Å². The van der Waals surface area contributed by atoms with Gasteiger partial charge in [-0.1, -0.05) is 12.1 Å². The molecule has 2 rings (SSSR count). The van der Waals surface area contributed by atoms with E-state index in [0.29, 0.717) is 32.5 Å². The zero-order valence-electron chi connectivity index (χ0n) is 15.8. The first-order valence-electron chi connectivity index (χ1n) is 8.98. The van der Waals surface area contributed by atoms with Gasteiger partial charge in [-0.05, 0) is 30.5 Å². The van der Waals surface area contributed by atoms with Crippen LogP contribution in [0.3, 0.4) is 0 Å². The van der Waals surface area contributed by atoms with Gasteiger partial charge in [-0.25, -0.2) is 8.42 Å². The Labute approximate surface area is 165 Å². The van der Waals surface area contributed by atoms with Gasteiger partial charge in [0.15, 0.2) is 9.84 Å². The number of benzene rings is 1. The van der Waals surface area contributed by atoms with Gasteiger partial charge in [-0.3, -0.25) is 4.79 Å². The first-order chi connectivity index (χ1) is 13.3. The van der Waals surface area contributed by atoms with Crippen molar-refractivity contribution in [3.8, 4) is 11.8 Å². The number of nitrogens with one attached hydrogen (secondary N) is 1. The molecule has 0 aromatic heterocycles. The predicted octanol–water partition coefficient (Wildman–Crippen LogP) is 0.594. The quantitative estimate of drug-likeness (QED) is 0.454. The summed E-state index contributed by atoms with van der Waals surface area (Å²) in [7, 11) is -1.55. The highest BCUT2D eigenvalue weighted by molar-refractivity contribution is 7.91. The number of ether oxygens (including phenoxy) is 1. The molecule has 0 aliphatic carbocycles. The number of hydrogen-bond acceptors (Lipinski definition) is 7. The van der Waals surface area contributed by atoms with Crippen LogP contribution < -0.4 is 5.32 Å². The monoisotopic (exact) mass is 407 g/mol. The minimum atomic E-state index is -3.09. The van der Waals surface area contributed by atoms with Crippen LogP contribution in [0.15, 0.2) is 36.0 Å². The Morgan fingerprint density at radius 3 is 2.71 bits per heavy atom. The normalized spacial score (nSPS) is 18.4. The fourth-order valence-electron chi connectivity index (χ4n) is 2.97. The Balaban J connectivity index is 2.00. The fourth-order valence-corrected chi connectivity index (χ4v) is 4.71. The van der Waals surface area contributed by atoms with E-state index in [-0.39, 0.29) is 28.9 Å². The fraction of sp³-hybridized carbons (Fsp3) is 0.474. The smallest absolute Gasteiger partial charge is 0.263 e. The summed E-state index contributed by atoms with van der Waals surface area (Å²) in [6.45, 7) is 1.08. The molecule has 28 heavy (non-hydrogen) atoms. The third-order valence-corrected chi connectivity index (χ3v) is 6.28. The summed E-state index contributed by atoms with van der Waals surface area (Å²) in [4.78, 5) is 14.1. The van der Waals surface area contributed by atoms with Crippen molar-refractivity contribution in [1.29, 1.82) is 5.26 Å². The molecule has 8 nitrogen and oxygen atoms in total. The van der Waals surface area contributed by atoms with Crippen molar-refractivity contribution in [2.24, 2.45) is 0 Å². The van der Waals surface area contributed by atoms with Crippen LogP contribution in [0.25, 0.3) is 0 Å². The zero-order chi connectivity index (χ0) is 20.6. The van der Waals surface area contributed by atoms with Crippen LogP contribution in [0.5, 0.6) is 5.75 Å². The van der Waals surface area contributed by atoms with Gasteiger partial charge in [0.05, 0.1) is 18.1 Å². The van der Waals surface area contributed by atoms with E-state index in [9.17, 15) is 23.6 Å². The van der Waals surface area contributed by atoms with Crippen LogP contribution >= 0.6 is 0 Å². The van der Waals surface area contributed by atoms with E-state index in [1.807, 2.05) is 6.07 Å². The number of methoxy groups -OCH3 is 1. The highest BCUT2D eigenvalue weighted by Crippen LogP contribution is 2.19. The minimum absolute atomic E-state index is 0.00833. The molecule has 1 aromatic carbocycles. The first kappa shape index (κ1) is 21.7. The second-order valence-corrected chi connectivity index (χ2v) is 8.84. The number of hydrogen-bond donors (Lipinski definition) is 2. The maximum Gasteiger partial charge on any atom is 0.263 e. The molecule has 1 aromatic rings. The molecule has 1 saturated heterocycles. The number of rotatable bonds is 9. The number of phenols is 1. The van der Waals surface area contributed by atoms with Crippen molar-refractivity contribution in [3.05, 3.63) is 41.6 Å². The lowest BCUT2D eigenvalue weighted by Crippen LogP contribution is -2.36. The predicted molar refractivity (Wildman–Crippen MR) is 104 cm³/mol. The molecule has 0 saturated carbocycles. The number of aromatic hydroxyl groups is 1. The highest BCUT2D eigenvalue weighted by atomic mass is 32.2. The number of nitrogens with zero attached hydrogens (tertiary/aromatic N) is 2. The van der Waals surface area contributed by atoms with Crippen LogP contribution in [-0.2, 0) is 25.8 Å². The lowest BCUT2D eigenvalue weighted by Gasteiger charge is -2.26. The Morgan fingerprint density at radius 1 is 1.43 bits per heavy atom. The van der Waals surface area contributed by atoms with E-state index in [1.54, 1.807) is 29.2 Å². The lowest BCUT2D eigenvalue weighted by atomic mass is 10.1. The van der Waals surface area contributed by atoms with Crippen LogP contribution in [0.2, 0.25) is 0 Å². The summed E-state index contributed by atoms with van der Waals surface area (Å²) < 4.78 is 28.6. The number of sulfone groups is 1. The van der Waals surface area contributed by atoms with E-state index >= 15 is 0 Å². The van der Waals surface area contributed by atoms with Crippen molar-refractivity contribution >= 4 is 15.7 Å². The summed E-state index contributed by atoms with van der Waals surface area (Å²) in [6, 6.07) is 8.28. The lowest BCUT2D eigenvalue weighted by molar-refractivity contribution is -0.117. The number of carbonyl (C=O) groups is 1. The second-order valence-electron chi connectivity index (χ2n) is 6.61. The van der Waals surface area contributed by atoms with E-state index in [4.69, 9.17) is 4.74 Å². The number of nitriles is 1. The molecule has 9 heteroatoms. The topological polar surface area (TPSA) is 120 Å². The zero-order valence-corrected chi connectivity index (χ0v) is 16.6. The van der Waals surface area contributed by atoms with Gasteiger partial charge in [0.2, 0.25) is 0 Å². The molecular weight excluding hydrogens is 382 g/mol. The summed E-state index contributed by atoms with van der Waals surface area (Å²) in [6.07, 6.45) is 2.45. The molecule has 152 valence electrons. The molecule has 1 aliphatic heterocycles. The Kier molecular flexibility index (Phi) is 7.84. The number of carbonyl (C=O) groups excluding carboxylic acids is 1. The summed E-state index contributed by atoms with van der Waals surface area (Å²) in [5.74, 6) is -0.221. The molecule has 0 spiro atoms. The SMILES string of the molecule is COCCN(/C=C(/C#N)C(=O)NCCc1ccc(O)cc1)C1CCS(=O)(=O)C1. The molecule has 1 heterocycles. The summed E-state index contributed by atoms with van der Waals surface area (Å²) in [5, 5.41) is 21.4. The maximum atomic E-state index is 12.4. The van der Waals surface area contributed by atoms with Gasteiger partial charge < -0.3 is 20.1 Å². The van der Waals surface area contributed by atoms with Gasteiger partial charge in [0.25, 0.3) is 5.91 Å². The summed E-state index contributed by atoms with van der Waals surface area (Å²) in [5.41, 5.74) is 0.865. The van der Waals surface area contributed by atoms with Gasteiger partial charge in [0.1, 0.15) is 17.4 Å². The Morgan fingerprint density at radius 2 is 2.14 bits per heavy atom. The molecular formula is C19H25N3O5S. The number of amides is 1. The first-order valence-corrected chi connectivity index (χ1v) is 10.8. The minimum Gasteiger partial charge on any atom is -0.508 e. The molecule has 1 unspecified atom stereocenters. The maximum absolute atomic E-state index is 12.4. The standard InChI is InChI=1S/C19H25N3O5S/c1-27-10-9-22(17-7-11-28(25,26)14-17)13-16(12-20)19(24)21-8-6-15-2-4-18(23)5-3-15/h2-5,13,17,23H,6-11,14H2,1H3,(H,21,24)/b16-13-. The van der Waals surface area contributed by atoms with Crippen LogP contribution in [-0.4, -0.2) is 68.7 Å². The van der Waals surface area contributed by atoms with Crippen molar-refractivity contribution < 1.29 is 23.1 Å². The third kappa shape index (κ3) is 6.55. The molecule has 1 atom stereocenters. The molecule has 2 N–H and O–H groups in total. The van der Waals surface area contributed by atoms with E-state index in [0.717, 1.165) is 5.56 Å².